The van der Waals surface area contributed by atoms with Gasteiger partial charge in [-0.05, 0) is 18.8 Å². The highest BCUT2D eigenvalue weighted by molar-refractivity contribution is 5.95. The third-order valence-electron chi connectivity index (χ3n) is 4.24. The molecular weight excluding hydrogens is 312 g/mol. The van der Waals surface area contributed by atoms with Crippen molar-refractivity contribution in [1.82, 2.24) is 19.9 Å². The van der Waals surface area contributed by atoms with Crippen molar-refractivity contribution < 1.29 is 4.79 Å². The van der Waals surface area contributed by atoms with Crippen LogP contribution >= 0.6 is 0 Å². The van der Waals surface area contributed by atoms with Crippen LogP contribution in [-0.4, -0.2) is 27.0 Å². The number of nitrogens with one attached hydrogen (secondary N) is 1. The SMILES string of the molecule is CCc1c(C(=O)NCCC(C)C)cnc2cc(-c3ccccc3)nn12. The van der Waals surface area contributed by atoms with Gasteiger partial charge in [-0.1, -0.05) is 51.1 Å². The predicted octanol–water partition coefficient (Wildman–Crippen LogP) is 3.73. The number of hydrogen-bond donors (Lipinski definition) is 1. The van der Waals surface area contributed by atoms with E-state index in [0.717, 1.165) is 29.0 Å². The van der Waals surface area contributed by atoms with Crippen LogP contribution in [0.15, 0.2) is 42.6 Å². The van der Waals surface area contributed by atoms with Gasteiger partial charge in [-0.3, -0.25) is 4.79 Å². The van der Waals surface area contributed by atoms with Crippen molar-refractivity contribution >= 4 is 11.6 Å². The van der Waals surface area contributed by atoms with Crippen LogP contribution in [0.3, 0.4) is 0 Å². The fourth-order valence-electron chi connectivity index (χ4n) is 2.83. The van der Waals surface area contributed by atoms with Crippen LogP contribution in [0.25, 0.3) is 16.9 Å². The number of carbonyl (C=O) groups is 1. The molecule has 0 saturated heterocycles. The van der Waals surface area contributed by atoms with E-state index in [4.69, 9.17) is 0 Å². The predicted molar refractivity (Wildman–Crippen MR) is 99.6 cm³/mol. The summed E-state index contributed by atoms with van der Waals surface area (Å²) in [5.74, 6) is 0.481. The molecule has 1 N–H and O–H groups in total. The Hall–Kier alpha value is -2.69. The first kappa shape index (κ1) is 17.1. The third kappa shape index (κ3) is 3.71. The number of fused-ring (bicyclic) bond motifs is 1. The molecule has 2 heterocycles. The largest absolute Gasteiger partial charge is 0.352 e. The molecule has 3 aromatic rings. The lowest BCUT2D eigenvalue weighted by molar-refractivity contribution is 0.0950. The summed E-state index contributed by atoms with van der Waals surface area (Å²) in [5.41, 5.74) is 4.14. The van der Waals surface area contributed by atoms with E-state index in [1.807, 2.05) is 43.3 Å². The minimum absolute atomic E-state index is 0.0799. The quantitative estimate of drug-likeness (QED) is 0.746. The van der Waals surface area contributed by atoms with Crippen molar-refractivity contribution in [2.75, 3.05) is 6.54 Å². The van der Waals surface area contributed by atoms with Crippen LogP contribution in [0.5, 0.6) is 0 Å². The molecule has 1 amide bonds. The number of rotatable bonds is 6. The molecule has 0 atom stereocenters. The smallest absolute Gasteiger partial charge is 0.254 e. The van der Waals surface area contributed by atoms with Crippen molar-refractivity contribution in [2.45, 2.75) is 33.6 Å². The molecule has 0 unspecified atom stereocenters. The molecule has 0 bridgehead atoms. The Morgan fingerprint density at radius 2 is 2.00 bits per heavy atom. The van der Waals surface area contributed by atoms with Gasteiger partial charge >= 0.3 is 0 Å². The molecule has 1 aromatic carbocycles. The number of amides is 1. The Morgan fingerprint density at radius 1 is 1.24 bits per heavy atom. The summed E-state index contributed by atoms with van der Waals surface area (Å²) in [6, 6.07) is 12.0. The zero-order valence-electron chi connectivity index (χ0n) is 15.0. The molecule has 5 heteroatoms. The Balaban J connectivity index is 1.94. The van der Waals surface area contributed by atoms with E-state index in [2.05, 4.69) is 29.2 Å². The van der Waals surface area contributed by atoms with Crippen molar-refractivity contribution in [2.24, 2.45) is 5.92 Å². The molecule has 0 radical (unpaired) electrons. The van der Waals surface area contributed by atoms with Gasteiger partial charge in [0.15, 0.2) is 5.65 Å². The zero-order valence-corrected chi connectivity index (χ0v) is 15.0. The monoisotopic (exact) mass is 336 g/mol. The summed E-state index contributed by atoms with van der Waals surface area (Å²) in [6.07, 6.45) is 3.33. The van der Waals surface area contributed by atoms with Crippen molar-refractivity contribution in [3.8, 4) is 11.3 Å². The number of nitrogens with zero attached hydrogens (tertiary/aromatic N) is 3. The number of hydrogen-bond acceptors (Lipinski definition) is 3. The van der Waals surface area contributed by atoms with E-state index >= 15 is 0 Å². The first-order chi connectivity index (χ1) is 12.1. The molecule has 0 spiro atoms. The van der Waals surface area contributed by atoms with Crippen LogP contribution in [0, 0.1) is 5.92 Å². The Labute approximate surface area is 148 Å². The van der Waals surface area contributed by atoms with Gasteiger partial charge < -0.3 is 5.32 Å². The average Bonchev–Trinajstić information content (AvgIpc) is 3.05. The van der Waals surface area contributed by atoms with Crippen LogP contribution < -0.4 is 5.32 Å². The van der Waals surface area contributed by atoms with Gasteiger partial charge in [0.1, 0.15) is 0 Å². The summed E-state index contributed by atoms with van der Waals surface area (Å²) < 4.78 is 1.79. The maximum atomic E-state index is 12.5. The molecule has 130 valence electrons. The molecule has 0 saturated carbocycles. The summed E-state index contributed by atoms with van der Waals surface area (Å²) in [7, 11) is 0. The normalized spacial score (nSPS) is 11.2. The molecule has 0 fully saturated rings. The van der Waals surface area contributed by atoms with Crippen molar-refractivity contribution in [3.05, 3.63) is 53.9 Å². The highest BCUT2D eigenvalue weighted by Crippen LogP contribution is 2.20. The van der Waals surface area contributed by atoms with E-state index in [-0.39, 0.29) is 5.91 Å². The van der Waals surface area contributed by atoms with Crippen LogP contribution in [0.2, 0.25) is 0 Å². The third-order valence-corrected chi connectivity index (χ3v) is 4.24. The number of aromatic nitrogens is 3. The zero-order chi connectivity index (χ0) is 17.8. The second-order valence-corrected chi connectivity index (χ2v) is 6.58. The van der Waals surface area contributed by atoms with Gasteiger partial charge in [0.2, 0.25) is 0 Å². The maximum Gasteiger partial charge on any atom is 0.254 e. The minimum atomic E-state index is -0.0799. The van der Waals surface area contributed by atoms with E-state index in [1.165, 1.54) is 0 Å². The summed E-state index contributed by atoms with van der Waals surface area (Å²) in [5, 5.41) is 7.67. The molecule has 2 aromatic heterocycles. The number of aryl methyl sites for hydroxylation is 1. The maximum absolute atomic E-state index is 12.5. The summed E-state index contributed by atoms with van der Waals surface area (Å²) in [6.45, 7) is 6.99. The minimum Gasteiger partial charge on any atom is -0.352 e. The second kappa shape index (κ2) is 7.47. The Bertz CT molecular complexity index is 868. The Morgan fingerprint density at radius 3 is 2.68 bits per heavy atom. The highest BCUT2D eigenvalue weighted by Gasteiger charge is 2.16. The number of benzene rings is 1. The summed E-state index contributed by atoms with van der Waals surface area (Å²) >= 11 is 0. The first-order valence-electron chi connectivity index (χ1n) is 8.81. The van der Waals surface area contributed by atoms with Gasteiger partial charge in [0, 0.05) is 24.4 Å². The molecule has 0 aliphatic carbocycles. The molecule has 25 heavy (non-hydrogen) atoms. The lowest BCUT2D eigenvalue weighted by Gasteiger charge is -2.11. The highest BCUT2D eigenvalue weighted by atomic mass is 16.1. The van der Waals surface area contributed by atoms with Gasteiger partial charge in [-0.25, -0.2) is 9.50 Å². The van der Waals surface area contributed by atoms with Crippen LogP contribution in [0.1, 0.15) is 43.2 Å². The molecular formula is C20H24N4O. The second-order valence-electron chi connectivity index (χ2n) is 6.58. The topological polar surface area (TPSA) is 59.3 Å². The van der Waals surface area contributed by atoms with Crippen LogP contribution in [-0.2, 0) is 6.42 Å². The van der Waals surface area contributed by atoms with Gasteiger partial charge in [-0.15, -0.1) is 0 Å². The van der Waals surface area contributed by atoms with Crippen molar-refractivity contribution in [3.63, 3.8) is 0 Å². The Kier molecular flexibility index (Phi) is 5.12. The lowest BCUT2D eigenvalue weighted by Crippen LogP contribution is -2.27. The van der Waals surface area contributed by atoms with Gasteiger partial charge in [0.25, 0.3) is 5.91 Å². The molecule has 3 rings (SSSR count). The molecule has 0 aliphatic heterocycles. The number of carbonyl (C=O) groups excluding carboxylic acids is 1. The van der Waals surface area contributed by atoms with E-state index in [1.54, 1.807) is 10.7 Å². The van der Waals surface area contributed by atoms with Crippen molar-refractivity contribution in [1.29, 1.82) is 0 Å². The van der Waals surface area contributed by atoms with E-state index < -0.39 is 0 Å². The van der Waals surface area contributed by atoms with E-state index in [0.29, 0.717) is 24.4 Å². The van der Waals surface area contributed by atoms with Gasteiger partial charge in [0.05, 0.1) is 17.0 Å². The summed E-state index contributed by atoms with van der Waals surface area (Å²) in [4.78, 5) is 17.0. The molecule has 5 nitrogen and oxygen atoms in total. The lowest BCUT2D eigenvalue weighted by atomic mass is 10.1. The van der Waals surface area contributed by atoms with Gasteiger partial charge in [-0.2, -0.15) is 5.10 Å². The average molecular weight is 336 g/mol. The van der Waals surface area contributed by atoms with Crippen LogP contribution in [0.4, 0.5) is 0 Å². The fraction of sp³-hybridized carbons (Fsp3) is 0.350. The molecule has 0 aliphatic rings. The van der Waals surface area contributed by atoms with E-state index in [9.17, 15) is 4.79 Å². The standard InChI is InChI=1S/C20H24N4O/c1-4-18-16(20(25)21-11-10-14(2)3)13-22-19-12-17(23-24(18)19)15-8-6-5-7-9-15/h5-9,12-14H,4,10-11H2,1-3H3,(H,21,25). The first-order valence-corrected chi connectivity index (χ1v) is 8.81. The fourth-order valence-corrected chi connectivity index (χ4v) is 2.83.